The largest absolute Gasteiger partial charge is 0.497 e. The van der Waals surface area contributed by atoms with Crippen LogP contribution in [-0.4, -0.2) is 53.2 Å². The molecular formula is C27H30N4O4. The molecule has 0 unspecified atom stereocenters. The van der Waals surface area contributed by atoms with Crippen LogP contribution in [0.3, 0.4) is 0 Å². The van der Waals surface area contributed by atoms with Crippen molar-refractivity contribution in [1.29, 1.82) is 0 Å². The Morgan fingerprint density at radius 1 is 1.09 bits per heavy atom. The van der Waals surface area contributed by atoms with E-state index in [9.17, 15) is 4.79 Å². The molecular weight excluding hydrogens is 444 g/mol. The molecule has 2 aromatic carbocycles. The van der Waals surface area contributed by atoms with Gasteiger partial charge in [0, 0.05) is 48.6 Å². The van der Waals surface area contributed by atoms with Crippen LogP contribution in [-0.2, 0) is 11.2 Å². The first-order valence-electron chi connectivity index (χ1n) is 12.0. The number of benzene rings is 2. The van der Waals surface area contributed by atoms with Gasteiger partial charge >= 0.3 is 0 Å². The fourth-order valence-corrected chi connectivity index (χ4v) is 4.79. The number of nitrogens with one attached hydrogen (secondary N) is 1. The highest BCUT2D eigenvalue weighted by molar-refractivity contribution is 5.85. The fraction of sp³-hybridized carbons (Fsp3) is 0.370. The van der Waals surface area contributed by atoms with E-state index >= 15 is 0 Å². The zero-order valence-electron chi connectivity index (χ0n) is 20.1. The van der Waals surface area contributed by atoms with Crippen LogP contribution in [0, 0.1) is 0 Å². The Bertz CT molecular complexity index is 1290. The number of hydrogen-bond donors (Lipinski definition) is 1. The lowest BCUT2D eigenvalue weighted by atomic mass is 9.89. The number of H-pyrrole nitrogens is 1. The van der Waals surface area contributed by atoms with Gasteiger partial charge in [-0.3, -0.25) is 4.79 Å². The van der Waals surface area contributed by atoms with Gasteiger partial charge in [-0.2, -0.15) is 4.98 Å². The number of aromatic nitrogens is 3. The van der Waals surface area contributed by atoms with Crippen LogP contribution in [0.15, 0.2) is 53.2 Å². The maximum atomic E-state index is 12.8. The maximum absolute atomic E-state index is 12.8. The number of likely N-dealkylation sites (tertiary alicyclic amines) is 1. The summed E-state index contributed by atoms with van der Waals surface area (Å²) in [6, 6.07) is 13.6. The standard InChI is InChI=1S/C27H30N4O4/c1-33-20-8-6-19(7-9-20)27-29-25(35-30-27)4-3-5-26(32)31-14-12-18(13-15-31)23-17-28-24-11-10-21(34-2)16-22(23)24/h6-11,16-18,28H,3-5,12-15H2,1-2H3. The van der Waals surface area contributed by atoms with Crippen molar-refractivity contribution in [3.63, 3.8) is 0 Å². The minimum Gasteiger partial charge on any atom is -0.497 e. The van der Waals surface area contributed by atoms with Gasteiger partial charge in [0.2, 0.25) is 17.6 Å². The van der Waals surface area contributed by atoms with Crippen LogP contribution in [0.1, 0.15) is 43.1 Å². The van der Waals surface area contributed by atoms with E-state index in [4.69, 9.17) is 14.0 Å². The van der Waals surface area contributed by atoms with Crippen LogP contribution < -0.4 is 9.47 Å². The van der Waals surface area contributed by atoms with Crippen LogP contribution in [0.25, 0.3) is 22.3 Å². The van der Waals surface area contributed by atoms with Crippen LogP contribution in [0.2, 0.25) is 0 Å². The van der Waals surface area contributed by atoms with Gasteiger partial charge in [0.25, 0.3) is 0 Å². The van der Waals surface area contributed by atoms with E-state index in [2.05, 4.69) is 33.5 Å². The van der Waals surface area contributed by atoms with Crippen molar-refractivity contribution in [2.24, 2.45) is 0 Å². The Morgan fingerprint density at radius 3 is 2.57 bits per heavy atom. The lowest BCUT2D eigenvalue weighted by Crippen LogP contribution is -2.37. The molecule has 5 rings (SSSR count). The van der Waals surface area contributed by atoms with Crippen LogP contribution >= 0.6 is 0 Å². The molecule has 2 aromatic heterocycles. The summed E-state index contributed by atoms with van der Waals surface area (Å²) < 4.78 is 16.0. The van der Waals surface area contributed by atoms with Crippen molar-refractivity contribution < 1.29 is 18.8 Å². The third-order valence-electron chi connectivity index (χ3n) is 6.81. The average molecular weight is 475 g/mol. The van der Waals surface area contributed by atoms with Gasteiger partial charge in [0.05, 0.1) is 14.2 Å². The van der Waals surface area contributed by atoms with E-state index in [1.807, 2.05) is 35.2 Å². The van der Waals surface area contributed by atoms with Gasteiger partial charge in [-0.15, -0.1) is 0 Å². The number of nitrogens with zero attached hydrogens (tertiary/aromatic N) is 3. The number of ether oxygens (including phenoxy) is 2. The molecule has 4 aromatic rings. The van der Waals surface area contributed by atoms with Crippen molar-refractivity contribution in [3.8, 4) is 22.9 Å². The topological polar surface area (TPSA) is 93.5 Å². The lowest BCUT2D eigenvalue weighted by Gasteiger charge is -2.32. The zero-order valence-corrected chi connectivity index (χ0v) is 20.1. The molecule has 182 valence electrons. The predicted molar refractivity (Wildman–Crippen MR) is 133 cm³/mol. The minimum atomic E-state index is 0.193. The van der Waals surface area contributed by atoms with E-state index in [0.29, 0.717) is 36.9 Å². The number of aromatic amines is 1. The van der Waals surface area contributed by atoms with E-state index in [1.165, 1.54) is 10.9 Å². The summed E-state index contributed by atoms with van der Waals surface area (Å²) in [4.78, 5) is 22.6. The molecule has 0 radical (unpaired) electrons. The predicted octanol–water partition coefficient (Wildman–Crippen LogP) is 4.96. The summed E-state index contributed by atoms with van der Waals surface area (Å²) in [5.74, 6) is 3.38. The normalized spacial score (nSPS) is 14.4. The summed E-state index contributed by atoms with van der Waals surface area (Å²) in [5, 5.41) is 5.27. The highest BCUT2D eigenvalue weighted by Crippen LogP contribution is 2.35. The molecule has 0 bridgehead atoms. The number of hydrogen-bond acceptors (Lipinski definition) is 6. The van der Waals surface area contributed by atoms with E-state index in [-0.39, 0.29) is 5.91 Å². The molecule has 0 aliphatic carbocycles. The van der Waals surface area contributed by atoms with Crippen molar-refractivity contribution >= 4 is 16.8 Å². The molecule has 1 aliphatic heterocycles. The number of methoxy groups -OCH3 is 2. The second kappa shape index (κ2) is 10.2. The molecule has 8 heteroatoms. The summed E-state index contributed by atoms with van der Waals surface area (Å²) in [6.07, 6.45) is 5.79. The SMILES string of the molecule is COc1ccc(-c2noc(CCCC(=O)N3CCC(c4c[nH]c5ccc(OC)cc45)CC3)n2)cc1. The van der Waals surface area contributed by atoms with E-state index in [1.54, 1.807) is 14.2 Å². The Labute approximate surface area is 204 Å². The number of rotatable bonds is 8. The number of carbonyl (C=O) groups excluding carboxylic acids is 1. The molecule has 1 saturated heterocycles. The number of aryl methyl sites for hydroxylation is 1. The first-order chi connectivity index (χ1) is 17.1. The molecule has 1 amide bonds. The second-order valence-electron chi connectivity index (χ2n) is 8.90. The Balaban J connectivity index is 1.10. The first kappa shape index (κ1) is 23.0. The smallest absolute Gasteiger partial charge is 0.226 e. The molecule has 0 atom stereocenters. The lowest BCUT2D eigenvalue weighted by molar-refractivity contribution is -0.132. The van der Waals surface area contributed by atoms with Gasteiger partial charge in [-0.25, -0.2) is 0 Å². The van der Waals surface area contributed by atoms with Gasteiger partial charge in [0.1, 0.15) is 11.5 Å². The zero-order chi connectivity index (χ0) is 24.2. The summed E-state index contributed by atoms with van der Waals surface area (Å²) in [5.41, 5.74) is 3.30. The van der Waals surface area contributed by atoms with E-state index in [0.717, 1.165) is 48.5 Å². The molecule has 1 N–H and O–H groups in total. The monoisotopic (exact) mass is 474 g/mol. The second-order valence-corrected chi connectivity index (χ2v) is 8.90. The summed E-state index contributed by atoms with van der Waals surface area (Å²) >= 11 is 0. The first-order valence-corrected chi connectivity index (χ1v) is 12.0. The molecule has 1 aliphatic rings. The number of fused-ring (bicyclic) bond motifs is 1. The van der Waals surface area contributed by atoms with E-state index < -0.39 is 0 Å². The number of amides is 1. The maximum Gasteiger partial charge on any atom is 0.226 e. The molecule has 0 spiro atoms. The Morgan fingerprint density at radius 2 is 1.83 bits per heavy atom. The summed E-state index contributed by atoms with van der Waals surface area (Å²) in [7, 11) is 3.32. The number of carbonyl (C=O) groups is 1. The fourth-order valence-electron chi connectivity index (χ4n) is 4.79. The van der Waals surface area contributed by atoms with Gasteiger partial charge < -0.3 is 23.9 Å². The van der Waals surface area contributed by atoms with Crippen LogP contribution in [0.5, 0.6) is 11.5 Å². The molecule has 8 nitrogen and oxygen atoms in total. The van der Waals surface area contributed by atoms with Gasteiger partial charge in [-0.05, 0) is 73.2 Å². The number of piperidine rings is 1. The van der Waals surface area contributed by atoms with Gasteiger partial charge in [0.15, 0.2) is 0 Å². The summed E-state index contributed by atoms with van der Waals surface area (Å²) in [6.45, 7) is 1.56. The molecule has 3 heterocycles. The molecule has 35 heavy (non-hydrogen) atoms. The van der Waals surface area contributed by atoms with Crippen molar-refractivity contribution in [2.75, 3.05) is 27.3 Å². The van der Waals surface area contributed by atoms with Crippen molar-refractivity contribution in [1.82, 2.24) is 20.0 Å². The van der Waals surface area contributed by atoms with Gasteiger partial charge in [-0.1, -0.05) is 5.16 Å². The van der Waals surface area contributed by atoms with Crippen molar-refractivity contribution in [3.05, 3.63) is 60.1 Å². The highest BCUT2D eigenvalue weighted by atomic mass is 16.5. The minimum absolute atomic E-state index is 0.193. The quantitative estimate of drug-likeness (QED) is 0.388. The Hall–Kier alpha value is -3.81. The average Bonchev–Trinajstić information content (AvgIpc) is 3.56. The third kappa shape index (κ3) is 5.01. The third-order valence-corrected chi connectivity index (χ3v) is 6.81. The highest BCUT2D eigenvalue weighted by Gasteiger charge is 2.25. The Kier molecular flexibility index (Phi) is 6.70. The molecule has 0 saturated carbocycles. The molecule has 1 fully saturated rings. The van der Waals surface area contributed by atoms with Crippen molar-refractivity contribution in [2.45, 2.75) is 38.0 Å². The van der Waals surface area contributed by atoms with Crippen LogP contribution in [0.4, 0.5) is 0 Å².